The maximum atomic E-state index is 12.4. The van der Waals surface area contributed by atoms with E-state index in [0.29, 0.717) is 40.3 Å². The van der Waals surface area contributed by atoms with Crippen LogP contribution in [0.25, 0.3) is 0 Å². The molecule has 0 aromatic carbocycles. The first-order chi connectivity index (χ1) is 13.4. The molecular formula is C26H42O3. The van der Waals surface area contributed by atoms with Gasteiger partial charge in [-0.3, -0.25) is 9.59 Å². The zero-order valence-electron chi connectivity index (χ0n) is 19.8. The summed E-state index contributed by atoms with van der Waals surface area (Å²) in [4.78, 5) is 24.1. The Hall–Kier alpha value is -0.860. The van der Waals surface area contributed by atoms with Gasteiger partial charge in [-0.25, -0.2) is 0 Å². The first-order valence-electron chi connectivity index (χ1n) is 12.1. The van der Waals surface area contributed by atoms with Crippen molar-refractivity contribution in [2.24, 2.45) is 45.3 Å². The van der Waals surface area contributed by atoms with Crippen LogP contribution in [-0.2, 0) is 14.3 Å². The van der Waals surface area contributed by atoms with Gasteiger partial charge >= 0.3 is 5.97 Å². The molecule has 0 saturated heterocycles. The fourth-order valence-electron chi connectivity index (χ4n) is 9.62. The summed E-state index contributed by atoms with van der Waals surface area (Å²) in [6.07, 6.45) is 9.47. The van der Waals surface area contributed by atoms with Crippen molar-refractivity contribution in [1.82, 2.24) is 0 Å². The van der Waals surface area contributed by atoms with Crippen molar-refractivity contribution in [1.29, 1.82) is 0 Å². The molecule has 0 radical (unpaired) electrons. The van der Waals surface area contributed by atoms with Gasteiger partial charge in [0.05, 0.1) is 0 Å². The zero-order valence-corrected chi connectivity index (χ0v) is 19.8. The smallest absolute Gasteiger partial charge is 0.302 e. The Labute approximate surface area is 177 Å². The van der Waals surface area contributed by atoms with E-state index in [9.17, 15) is 9.59 Å². The average molecular weight is 403 g/mol. The monoisotopic (exact) mass is 402 g/mol. The minimum Gasteiger partial charge on any atom is -0.462 e. The van der Waals surface area contributed by atoms with Crippen molar-refractivity contribution in [2.45, 2.75) is 106 Å². The third kappa shape index (κ3) is 2.74. The molecule has 29 heavy (non-hydrogen) atoms. The van der Waals surface area contributed by atoms with E-state index in [1.54, 1.807) is 6.92 Å². The summed E-state index contributed by atoms with van der Waals surface area (Å²) in [7, 11) is 0. The number of ketones is 1. The molecule has 0 amide bonds. The van der Waals surface area contributed by atoms with Crippen molar-refractivity contribution < 1.29 is 14.3 Å². The van der Waals surface area contributed by atoms with E-state index in [1.165, 1.54) is 32.1 Å². The van der Waals surface area contributed by atoms with Gasteiger partial charge in [0.1, 0.15) is 11.9 Å². The first kappa shape index (κ1) is 21.4. The van der Waals surface area contributed by atoms with E-state index >= 15 is 0 Å². The summed E-state index contributed by atoms with van der Waals surface area (Å²) in [6.45, 7) is 15.7. The lowest BCUT2D eigenvalue weighted by molar-refractivity contribution is -0.226. The van der Waals surface area contributed by atoms with E-state index in [0.717, 1.165) is 19.3 Å². The maximum Gasteiger partial charge on any atom is 0.302 e. The number of hydrogen-bond acceptors (Lipinski definition) is 3. The third-order valence-electron chi connectivity index (χ3n) is 11.2. The Morgan fingerprint density at radius 1 is 0.759 bits per heavy atom. The Kier molecular flexibility index (Phi) is 4.84. The van der Waals surface area contributed by atoms with Crippen LogP contribution in [0.15, 0.2) is 0 Å². The van der Waals surface area contributed by atoms with E-state index in [2.05, 4.69) is 34.6 Å². The van der Waals surface area contributed by atoms with Gasteiger partial charge in [0, 0.05) is 18.3 Å². The Bertz CT molecular complexity index is 711. The van der Waals surface area contributed by atoms with Crippen LogP contribution in [0.4, 0.5) is 0 Å². The molecule has 4 aliphatic rings. The second kappa shape index (κ2) is 6.57. The molecule has 4 saturated carbocycles. The van der Waals surface area contributed by atoms with Gasteiger partial charge in [-0.1, -0.05) is 34.6 Å². The van der Waals surface area contributed by atoms with Gasteiger partial charge in [0.15, 0.2) is 0 Å². The molecule has 0 aliphatic heterocycles. The molecule has 0 spiro atoms. The number of esters is 1. The van der Waals surface area contributed by atoms with Crippen LogP contribution in [0, 0.1) is 45.3 Å². The summed E-state index contributed by atoms with van der Waals surface area (Å²) in [6, 6.07) is 0. The molecule has 0 aromatic heterocycles. The molecule has 8 atom stereocenters. The van der Waals surface area contributed by atoms with E-state index in [4.69, 9.17) is 4.74 Å². The second-order valence-corrected chi connectivity index (χ2v) is 12.4. The topological polar surface area (TPSA) is 43.4 Å². The SMILES string of the molecule is CC(=O)O[C@H]1CC[C@]2(C)[C@H]3CC[C@@H]4[C@@H](C(C)=O)CC[C@@]4(C)[C@]3(C)CC[C@H]2C1(C)C. The molecule has 164 valence electrons. The van der Waals surface area contributed by atoms with E-state index in [1.807, 2.05) is 6.92 Å². The Morgan fingerprint density at radius 2 is 1.41 bits per heavy atom. The predicted octanol–water partition coefficient (Wildman–Crippen LogP) is 6.19. The van der Waals surface area contributed by atoms with Gasteiger partial charge in [-0.15, -0.1) is 0 Å². The molecule has 0 aromatic rings. The van der Waals surface area contributed by atoms with Crippen LogP contribution in [0.3, 0.4) is 0 Å². The average Bonchev–Trinajstić information content (AvgIpc) is 2.96. The van der Waals surface area contributed by atoms with Crippen LogP contribution < -0.4 is 0 Å². The van der Waals surface area contributed by atoms with Crippen molar-refractivity contribution in [3.05, 3.63) is 0 Å². The molecule has 4 rings (SSSR count). The molecule has 0 heterocycles. The highest BCUT2D eigenvalue weighted by Gasteiger charge is 2.69. The molecule has 3 heteroatoms. The second-order valence-electron chi connectivity index (χ2n) is 12.4. The van der Waals surface area contributed by atoms with E-state index in [-0.39, 0.29) is 22.9 Å². The summed E-state index contributed by atoms with van der Waals surface area (Å²) in [5.41, 5.74) is 0.928. The van der Waals surface area contributed by atoms with E-state index < -0.39 is 0 Å². The summed E-state index contributed by atoms with van der Waals surface area (Å²) in [5.74, 6) is 2.45. The lowest BCUT2D eigenvalue weighted by Gasteiger charge is -2.69. The van der Waals surface area contributed by atoms with Crippen LogP contribution >= 0.6 is 0 Å². The van der Waals surface area contributed by atoms with Crippen molar-refractivity contribution in [2.75, 3.05) is 0 Å². The number of carbonyl (C=O) groups excluding carboxylic acids is 2. The molecule has 0 unspecified atom stereocenters. The third-order valence-corrected chi connectivity index (χ3v) is 11.2. The summed E-state index contributed by atoms with van der Waals surface area (Å²) >= 11 is 0. The Balaban J connectivity index is 1.68. The highest BCUT2D eigenvalue weighted by Crippen LogP contribution is 2.75. The number of carbonyl (C=O) groups is 2. The lowest BCUT2D eigenvalue weighted by atomic mass is 9.35. The minimum absolute atomic E-state index is 0.0232. The number of Topliss-reactive ketones (excluding diaryl/α,β-unsaturated/α-hetero) is 1. The number of fused-ring (bicyclic) bond motifs is 5. The molecule has 0 bridgehead atoms. The quantitative estimate of drug-likeness (QED) is 0.517. The highest BCUT2D eigenvalue weighted by atomic mass is 16.5. The van der Waals surface area contributed by atoms with Gasteiger partial charge in [-0.05, 0) is 92.3 Å². The highest BCUT2D eigenvalue weighted by molar-refractivity contribution is 5.79. The molecule has 3 nitrogen and oxygen atoms in total. The van der Waals surface area contributed by atoms with Crippen LogP contribution in [0.2, 0.25) is 0 Å². The summed E-state index contributed by atoms with van der Waals surface area (Å²) < 4.78 is 5.81. The van der Waals surface area contributed by atoms with Gasteiger partial charge < -0.3 is 4.74 Å². The molecular weight excluding hydrogens is 360 g/mol. The zero-order chi connectivity index (χ0) is 21.4. The number of hydrogen-bond donors (Lipinski definition) is 0. The van der Waals surface area contributed by atoms with Crippen molar-refractivity contribution >= 4 is 11.8 Å². The van der Waals surface area contributed by atoms with Gasteiger partial charge in [-0.2, -0.15) is 0 Å². The van der Waals surface area contributed by atoms with Crippen LogP contribution in [-0.4, -0.2) is 17.9 Å². The van der Waals surface area contributed by atoms with Crippen LogP contribution in [0.1, 0.15) is 99.8 Å². The molecule has 4 fully saturated rings. The predicted molar refractivity (Wildman–Crippen MR) is 115 cm³/mol. The van der Waals surface area contributed by atoms with Crippen LogP contribution in [0.5, 0.6) is 0 Å². The summed E-state index contributed by atoms with van der Waals surface area (Å²) in [5, 5.41) is 0. The standard InChI is InChI=1S/C26H42O3/c1-16(27)18-10-14-25(6)19(18)8-9-21-24(5)13-12-22(29-17(2)28)23(3,4)20(24)11-15-26(21,25)7/h18-22H,8-15H2,1-7H3/t18-,19-,20+,21-,22+,24+,25-,26-/m1/s1. The molecule has 4 aliphatic carbocycles. The molecule has 0 N–H and O–H groups in total. The normalized spacial score (nSPS) is 50.8. The largest absolute Gasteiger partial charge is 0.462 e. The fraction of sp³-hybridized carbons (Fsp3) is 0.923. The lowest BCUT2D eigenvalue weighted by Crippen LogP contribution is -2.64. The maximum absolute atomic E-state index is 12.4. The number of ether oxygens (including phenoxy) is 1. The minimum atomic E-state index is -0.137. The van der Waals surface area contributed by atoms with Gasteiger partial charge in [0.2, 0.25) is 0 Å². The fourth-order valence-corrected chi connectivity index (χ4v) is 9.62. The number of rotatable bonds is 2. The van der Waals surface area contributed by atoms with Crippen molar-refractivity contribution in [3.8, 4) is 0 Å². The Morgan fingerprint density at radius 3 is 2.03 bits per heavy atom. The van der Waals surface area contributed by atoms with Gasteiger partial charge in [0.25, 0.3) is 0 Å². The first-order valence-corrected chi connectivity index (χ1v) is 12.1. The van der Waals surface area contributed by atoms with Crippen molar-refractivity contribution in [3.63, 3.8) is 0 Å².